The monoisotopic (exact) mass is 479 g/mol. The molecule has 4 heterocycles. The van der Waals surface area contributed by atoms with Crippen molar-refractivity contribution >= 4 is 47.1 Å². The molecule has 2 fully saturated rings. The first-order valence-corrected chi connectivity index (χ1v) is 11.0. The van der Waals surface area contributed by atoms with E-state index in [4.69, 9.17) is 28.2 Å². The summed E-state index contributed by atoms with van der Waals surface area (Å²) in [5.74, 6) is -0.564. The Hall–Kier alpha value is -3.35. The summed E-state index contributed by atoms with van der Waals surface area (Å²) in [5.41, 5.74) is 10.8. The molecule has 0 radical (unpaired) electrons. The van der Waals surface area contributed by atoms with Crippen molar-refractivity contribution < 1.29 is 19.5 Å². The van der Waals surface area contributed by atoms with Gasteiger partial charge in [-0.2, -0.15) is 0 Å². The van der Waals surface area contributed by atoms with Gasteiger partial charge in [0.15, 0.2) is 28.4 Å². The Balaban J connectivity index is 1.28. The van der Waals surface area contributed by atoms with Crippen LogP contribution in [0.15, 0.2) is 4.99 Å². The first-order valence-electron chi connectivity index (χ1n) is 10.7. The molecule has 7 N–H and O–H groups in total. The molecule has 3 aliphatic heterocycles. The van der Waals surface area contributed by atoms with Gasteiger partial charge in [-0.15, -0.1) is 0 Å². The second-order valence-electron chi connectivity index (χ2n) is 8.53. The molecule has 0 aliphatic carbocycles. The third-order valence-corrected chi connectivity index (χ3v) is 6.70. The Kier molecular flexibility index (Phi) is 6.15. The molecule has 3 amide bonds. The summed E-state index contributed by atoms with van der Waals surface area (Å²) in [5, 5.41) is 14.9. The van der Waals surface area contributed by atoms with E-state index in [0.717, 1.165) is 0 Å². The number of aliphatic imine (C=N–C) groups is 1. The predicted octanol–water partition coefficient (Wildman–Crippen LogP) is -0.265. The van der Waals surface area contributed by atoms with Gasteiger partial charge in [-0.05, 0) is 25.7 Å². The van der Waals surface area contributed by atoms with Crippen LogP contribution < -0.4 is 22.1 Å². The Morgan fingerprint density at radius 2 is 1.73 bits per heavy atom. The summed E-state index contributed by atoms with van der Waals surface area (Å²) in [6, 6.07) is 0. The highest BCUT2D eigenvalue weighted by Crippen LogP contribution is 2.28. The standard InChI is InChI=1S/C19H26ClN9O4/c20-12-14(22)25-13(21)11(24-12)15(30)26-17-23-9-19(27-17)3-7-28(8-4-19)16(31)10-1-5-29(6-2-10)18(32)33/h10H,1-9H2,(H,32,33)(H4,21,22,25)(H2,23,26,27,30). The molecule has 0 atom stereocenters. The zero-order valence-electron chi connectivity index (χ0n) is 17.9. The summed E-state index contributed by atoms with van der Waals surface area (Å²) in [4.78, 5) is 51.8. The lowest BCUT2D eigenvalue weighted by atomic mass is 9.87. The average Bonchev–Trinajstić information content (AvgIpc) is 3.18. The van der Waals surface area contributed by atoms with Crippen molar-refractivity contribution in [1.82, 2.24) is 30.4 Å². The Labute approximate surface area is 194 Å². The van der Waals surface area contributed by atoms with Crippen LogP contribution >= 0.6 is 11.6 Å². The van der Waals surface area contributed by atoms with E-state index in [0.29, 0.717) is 64.4 Å². The maximum atomic E-state index is 12.9. The number of rotatable bonds is 2. The highest BCUT2D eigenvalue weighted by Gasteiger charge is 2.41. The molecule has 33 heavy (non-hydrogen) atoms. The fourth-order valence-electron chi connectivity index (χ4n) is 4.42. The zero-order chi connectivity index (χ0) is 23.8. The van der Waals surface area contributed by atoms with Gasteiger partial charge in [0.2, 0.25) is 5.91 Å². The minimum absolute atomic E-state index is 0.0604. The lowest BCUT2D eigenvalue weighted by Crippen LogP contribution is -2.57. The number of likely N-dealkylation sites (tertiary alicyclic amines) is 2. The molecule has 1 spiro atoms. The van der Waals surface area contributed by atoms with Crippen molar-refractivity contribution in [3.63, 3.8) is 0 Å². The van der Waals surface area contributed by atoms with Crippen molar-refractivity contribution in [3.8, 4) is 0 Å². The number of nitrogens with one attached hydrogen (secondary N) is 2. The van der Waals surface area contributed by atoms with Crippen LogP contribution in [0.1, 0.15) is 36.2 Å². The third-order valence-electron chi connectivity index (χ3n) is 6.42. The second kappa shape index (κ2) is 8.89. The van der Waals surface area contributed by atoms with Crippen LogP contribution in [0.3, 0.4) is 0 Å². The van der Waals surface area contributed by atoms with E-state index in [2.05, 4.69) is 25.6 Å². The number of carboxylic acid groups (broad SMARTS) is 1. The zero-order valence-corrected chi connectivity index (χ0v) is 18.6. The van der Waals surface area contributed by atoms with E-state index in [9.17, 15) is 14.4 Å². The molecule has 1 aromatic heterocycles. The Bertz CT molecular complexity index is 1000. The number of anilines is 2. The molecule has 2 saturated heterocycles. The molecule has 14 heteroatoms. The molecule has 178 valence electrons. The van der Waals surface area contributed by atoms with Gasteiger partial charge < -0.3 is 31.7 Å². The van der Waals surface area contributed by atoms with Crippen molar-refractivity contribution in [3.05, 3.63) is 10.8 Å². The van der Waals surface area contributed by atoms with Gasteiger partial charge in [-0.1, -0.05) is 11.6 Å². The van der Waals surface area contributed by atoms with Gasteiger partial charge in [0.1, 0.15) is 0 Å². The fourth-order valence-corrected chi connectivity index (χ4v) is 4.55. The summed E-state index contributed by atoms with van der Waals surface area (Å²) < 4.78 is 0. The number of guanidine groups is 1. The van der Waals surface area contributed by atoms with Gasteiger partial charge in [0.25, 0.3) is 5.91 Å². The molecule has 0 bridgehead atoms. The van der Waals surface area contributed by atoms with Crippen molar-refractivity contribution in [2.75, 3.05) is 44.2 Å². The van der Waals surface area contributed by atoms with Gasteiger partial charge in [0.05, 0.1) is 12.1 Å². The maximum Gasteiger partial charge on any atom is 0.407 e. The predicted molar refractivity (Wildman–Crippen MR) is 120 cm³/mol. The number of nitrogens with zero attached hydrogens (tertiary/aromatic N) is 5. The highest BCUT2D eigenvalue weighted by atomic mass is 35.5. The van der Waals surface area contributed by atoms with Crippen molar-refractivity contribution in [2.45, 2.75) is 31.2 Å². The molecular formula is C19H26ClN9O4. The van der Waals surface area contributed by atoms with Gasteiger partial charge in [-0.25, -0.2) is 14.8 Å². The fraction of sp³-hybridized carbons (Fsp3) is 0.579. The number of amides is 3. The van der Waals surface area contributed by atoms with Gasteiger partial charge in [-0.3, -0.25) is 19.9 Å². The van der Waals surface area contributed by atoms with Crippen LogP contribution in [-0.4, -0.2) is 87.0 Å². The number of carbonyl (C=O) groups excluding carboxylic acids is 2. The van der Waals surface area contributed by atoms with E-state index < -0.39 is 12.0 Å². The largest absolute Gasteiger partial charge is 0.465 e. The Morgan fingerprint density at radius 1 is 1.06 bits per heavy atom. The molecule has 0 aromatic carbocycles. The summed E-state index contributed by atoms with van der Waals surface area (Å²) >= 11 is 5.84. The lowest BCUT2D eigenvalue weighted by Gasteiger charge is -2.41. The molecule has 3 aliphatic rings. The molecule has 0 unspecified atom stereocenters. The van der Waals surface area contributed by atoms with Crippen LogP contribution in [0, 0.1) is 5.92 Å². The number of piperidine rings is 2. The SMILES string of the molecule is Nc1nc(N)c(C(=O)NC2=NCC3(CCN(C(=O)C4CCN(C(=O)O)CC4)CC3)N2)nc1Cl. The number of hydrogen-bond donors (Lipinski definition) is 5. The molecule has 4 rings (SSSR count). The average molecular weight is 480 g/mol. The molecule has 0 saturated carbocycles. The van der Waals surface area contributed by atoms with Crippen LogP contribution in [0.4, 0.5) is 16.4 Å². The minimum Gasteiger partial charge on any atom is -0.465 e. The third kappa shape index (κ3) is 4.72. The first kappa shape index (κ1) is 22.8. The number of nitrogen functional groups attached to an aromatic ring is 2. The molecular weight excluding hydrogens is 454 g/mol. The summed E-state index contributed by atoms with van der Waals surface area (Å²) in [6.45, 7) is 2.36. The second-order valence-corrected chi connectivity index (χ2v) is 8.88. The smallest absolute Gasteiger partial charge is 0.407 e. The van der Waals surface area contributed by atoms with E-state index >= 15 is 0 Å². The first-order chi connectivity index (χ1) is 15.7. The number of nitrogens with two attached hydrogens (primary N) is 2. The quantitative estimate of drug-likeness (QED) is 0.379. The van der Waals surface area contributed by atoms with E-state index in [1.54, 1.807) is 0 Å². The number of aromatic nitrogens is 2. The number of carbonyl (C=O) groups is 3. The van der Waals surface area contributed by atoms with Gasteiger partial charge in [0, 0.05) is 32.1 Å². The van der Waals surface area contributed by atoms with Crippen LogP contribution in [0.25, 0.3) is 0 Å². The summed E-state index contributed by atoms with van der Waals surface area (Å²) in [6.07, 6.45) is 1.50. The normalized spacial score (nSPS) is 20.3. The lowest BCUT2D eigenvalue weighted by molar-refractivity contribution is -0.138. The topological polar surface area (TPSA) is 192 Å². The number of hydrogen-bond acceptors (Lipinski definition) is 9. The number of halogens is 1. The summed E-state index contributed by atoms with van der Waals surface area (Å²) in [7, 11) is 0. The molecule has 13 nitrogen and oxygen atoms in total. The van der Waals surface area contributed by atoms with Crippen molar-refractivity contribution in [2.24, 2.45) is 10.9 Å². The van der Waals surface area contributed by atoms with E-state index in [1.165, 1.54) is 4.90 Å². The molecule has 1 aromatic rings. The van der Waals surface area contributed by atoms with Crippen LogP contribution in [0.2, 0.25) is 5.15 Å². The van der Waals surface area contributed by atoms with E-state index in [-0.39, 0.29) is 39.8 Å². The van der Waals surface area contributed by atoms with Gasteiger partial charge >= 0.3 is 6.09 Å². The van der Waals surface area contributed by atoms with Crippen LogP contribution in [-0.2, 0) is 4.79 Å². The van der Waals surface area contributed by atoms with Crippen molar-refractivity contribution in [1.29, 1.82) is 0 Å². The highest BCUT2D eigenvalue weighted by molar-refractivity contribution is 6.31. The van der Waals surface area contributed by atoms with E-state index in [1.807, 2.05) is 4.90 Å². The minimum atomic E-state index is -0.940. The van der Waals surface area contributed by atoms with Crippen LogP contribution in [0.5, 0.6) is 0 Å². The maximum absolute atomic E-state index is 12.9. The Morgan fingerprint density at radius 3 is 2.36 bits per heavy atom.